The summed E-state index contributed by atoms with van der Waals surface area (Å²) in [5, 5.41) is 10.7. The Morgan fingerprint density at radius 2 is 1.75 bits per heavy atom. The molecule has 0 bridgehead atoms. The first-order valence-corrected chi connectivity index (χ1v) is 15.4. The molecule has 0 saturated heterocycles. The molecule has 4 aromatic rings. The summed E-state index contributed by atoms with van der Waals surface area (Å²) in [5.74, 6) is -0.0979. The highest BCUT2D eigenvalue weighted by atomic mass is 35.5. The van der Waals surface area contributed by atoms with E-state index < -0.39 is 21.6 Å². The number of carboxylic acids is 1. The number of rotatable bonds is 12. The molecular weight excluding hydrogens is 570 g/mol. The minimum absolute atomic E-state index is 0.129. The molecule has 1 aromatic heterocycles. The molecule has 40 heavy (non-hydrogen) atoms. The third kappa shape index (κ3) is 6.78. The third-order valence-electron chi connectivity index (χ3n) is 6.56. The SMILES string of the molecule is Cc1cc(OCCN(CCc2ccccc2)S(=O)(=O)c2sc3ccc(Cl)cc3c2C)ccc1OC(C)(C)C(=O)O. The van der Waals surface area contributed by atoms with Gasteiger partial charge in [0.05, 0.1) is 0 Å². The Balaban J connectivity index is 1.53. The lowest BCUT2D eigenvalue weighted by atomic mass is 10.1. The Kier molecular flexibility index (Phi) is 9.09. The number of nitrogens with zero attached hydrogens (tertiary/aromatic N) is 1. The van der Waals surface area contributed by atoms with Crippen LogP contribution in [0.4, 0.5) is 0 Å². The number of aryl methyl sites for hydroxylation is 2. The number of hydrogen-bond acceptors (Lipinski definition) is 6. The van der Waals surface area contributed by atoms with Crippen LogP contribution < -0.4 is 9.47 Å². The molecule has 3 aromatic carbocycles. The second-order valence-corrected chi connectivity index (χ2v) is 13.6. The Morgan fingerprint density at radius 3 is 2.42 bits per heavy atom. The van der Waals surface area contributed by atoms with Crippen molar-refractivity contribution in [1.29, 1.82) is 0 Å². The van der Waals surface area contributed by atoms with Gasteiger partial charge in [0.1, 0.15) is 22.3 Å². The number of carbonyl (C=O) groups is 1. The summed E-state index contributed by atoms with van der Waals surface area (Å²) in [4.78, 5) is 11.4. The zero-order valence-corrected chi connectivity index (χ0v) is 25.2. The van der Waals surface area contributed by atoms with E-state index in [2.05, 4.69) is 0 Å². The van der Waals surface area contributed by atoms with Gasteiger partial charge in [-0.15, -0.1) is 11.3 Å². The number of halogens is 1. The van der Waals surface area contributed by atoms with Crippen molar-refractivity contribution in [2.24, 2.45) is 0 Å². The summed E-state index contributed by atoms with van der Waals surface area (Å²) in [6.07, 6.45) is 0.556. The van der Waals surface area contributed by atoms with Crippen LogP contribution in [0.5, 0.6) is 11.5 Å². The van der Waals surface area contributed by atoms with Crippen molar-refractivity contribution in [3.63, 3.8) is 0 Å². The molecule has 0 aliphatic rings. The molecular formula is C30H32ClNO6S2. The van der Waals surface area contributed by atoms with E-state index >= 15 is 0 Å². The first-order valence-electron chi connectivity index (χ1n) is 12.8. The first kappa shape index (κ1) is 29.9. The smallest absolute Gasteiger partial charge is 0.347 e. The minimum Gasteiger partial charge on any atom is -0.492 e. The number of ether oxygens (including phenoxy) is 2. The second kappa shape index (κ2) is 12.2. The van der Waals surface area contributed by atoms with E-state index in [1.807, 2.05) is 43.3 Å². The number of benzene rings is 3. The third-order valence-corrected chi connectivity index (χ3v) is 10.6. The number of fused-ring (bicyclic) bond motifs is 1. The predicted molar refractivity (Wildman–Crippen MR) is 159 cm³/mol. The minimum atomic E-state index is -3.82. The van der Waals surface area contributed by atoms with Gasteiger partial charge in [0.2, 0.25) is 0 Å². The number of hydrogen-bond donors (Lipinski definition) is 1. The molecule has 7 nitrogen and oxygen atoms in total. The van der Waals surface area contributed by atoms with Gasteiger partial charge >= 0.3 is 5.97 Å². The van der Waals surface area contributed by atoms with Gasteiger partial charge in [-0.05, 0) is 92.6 Å². The molecule has 0 atom stereocenters. The average molecular weight is 602 g/mol. The molecule has 1 N–H and O–H groups in total. The van der Waals surface area contributed by atoms with E-state index in [1.165, 1.54) is 29.5 Å². The van der Waals surface area contributed by atoms with E-state index in [0.717, 1.165) is 15.6 Å². The summed E-state index contributed by atoms with van der Waals surface area (Å²) >= 11 is 7.43. The topological polar surface area (TPSA) is 93.1 Å². The summed E-state index contributed by atoms with van der Waals surface area (Å²) in [6.45, 7) is 7.14. The standard InChI is InChI=1S/C30H32ClNO6S2/c1-20-18-24(11-12-26(20)38-30(3,4)29(33)34)37-17-16-32(15-14-22-8-6-5-7-9-22)40(35,36)28-21(2)25-19-23(31)10-13-27(25)39-28/h5-13,18-19H,14-17H2,1-4H3,(H,33,34). The van der Waals surface area contributed by atoms with Crippen molar-refractivity contribution in [3.05, 3.63) is 88.4 Å². The van der Waals surface area contributed by atoms with Crippen LogP contribution in [0, 0.1) is 13.8 Å². The van der Waals surface area contributed by atoms with Crippen molar-refractivity contribution in [2.45, 2.75) is 43.9 Å². The van der Waals surface area contributed by atoms with Crippen LogP contribution in [-0.2, 0) is 21.2 Å². The fourth-order valence-corrected chi connectivity index (χ4v) is 7.67. The highest BCUT2D eigenvalue weighted by Gasteiger charge is 2.31. The van der Waals surface area contributed by atoms with Gasteiger partial charge in [-0.2, -0.15) is 4.31 Å². The Bertz CT molecular complexity index is 1620. The summed E-state index contributed by atoms with van der Waals surface area (Å²) in [7, 11) is -3.82. The quantitative estimate of drug-likeness (QED) is 0.194. The molecule has 0 amide bonds. The normalized spacial score (nSPS) is 12.2. The summed E-state index contributed by atoms with van der Waals surface area (Å²) in [5.41, 5.74) is 1.05. The second-order valence-electron chi connectivity index (χ2n) is 9.99. The monoisotopic (exact) mass is 601 g/mol. The molecule has 10 heteroatoms. The van der Waals surface area contributed by atoms with Crippen molar-refractivity contribution in [2.75, 3.05) is 19.7 Å². The Labute approximate surface area is 244 Å². The van der Waals surface area contributed by atoms with Crippen LogP contribution in [0.15, 0.2) is 70.9 Å². The van der Waals surface area contributed by atoms with Crippen molar-refractivity contribution in [3.8, 4) is 11.5 Å². The van der Waals surface area contributed by atoms with Crippen molar-refractivity contribution >= 4 is 49.0 Å². The van der Waals surface area contributed by atoms with E-state index in [1.54, 1.807) is 37.3 Å². The maximum absolute atomic E-state index is 13.9. The Hall–Kier alpha value is -3.11. The molecule has 0 saturated carbocycles. The molecule has 0 aliphatic heterocycles. The molecule has 4 rings (SSSR count). The van der Waals surface area contributed by atoms with Crippen LogP contribution in [0.3, 0.4) is 0 Å². The number of sulfonamides is 1. The van der Waals surface area contributed by atoms with Crippen molar-refractivity contribution < 1.29 is 27.8 Å². The molecule has 212 valence electrons. The lowest BCUT2D eigenvalue weighted by molar-refractivity contribution is -0.152. The highest BCUT2D eigenvalue weighted by Crippen LogP contribution is 2.37. The average Bonchev–Trinajstić information content (AvgIpc) is 3.24. The largest absolute Gasteiger partial charge is 0.492 e. The lowest BCUT2D eigenvalue weighted by Gasteiger charge is -2.23. The van der Waals surface area contributed by atoms with Gasteiger partial charge in [0, 0.05) is 22.8 Å². The maximum Gasteiger partial charge on any atom is 0.347 e. The summed E-state index contributed by atoms with van der Waals surface area (Å²) in [6, 6.07) is 20.2. The zero-order chi connectivity index (χ0) is 29.1. The maximum atomic E-state index is 13.9. The number of carboxylic acid groups (broad SMARTS) is 1. The molecule has 1 heterocycles. The van der Waals surface area contributed by atoms with Gasteiger partial charge in [-0.1, -0.05) is 41.9 Å². The molecule has 0 radical (unpaired) electrons. The van der Waals surface area contributed by atoms with Crippen LogP contribution >= 0.6 is 22.9 Å². The van der Waals surface area contributed by atoms with Crippen LogP contribution in [0.1, 0.15) is 30.5 Å². The summed E-state index contributed by atoms with van der Waals surface area (Å²) < 4.78 is 42.1. The van der Waals surface area contributed by atoms with Gasteiger partial charge in [0.15, 0.2) is 5.60 Å². The number of aliphatic carboxylic acids is 1. The fraction of sp³-hybridized carbons (Fsp3) is 0.300. The van der Waals surface area contributed by atoms with Gasteiger partial charge < -0.3 is 14.6 Å². The first-order chi connectivity index (χ1) is 18.9. The van der Waals surface area contributed by atoms with Gasteiger partial charge in [-0.3, -0.25) is 0 Å². The van der Waals surface area contributed by atoms with Gasteiger partial charge in [0.25, 0.3) is 10.0 Å². The van der Waals surface area contributed by atoms with Crippen LogP contribution in [-0.4, -0.2) is 49.1 Å². The highest BCUT2D eigenvalue weighted by molar-refractivity contribution is 7.91. The molecule has 0 fully saturated rings. The van der Waals surface area contributed by atoms with E-state index in [9.17, 15) is 18.3 Å². The molecule has 0 spiro atoms. The van der Waals surface area contributed by atoms with E-state index in [-0.39, 0.29) is 13.2 Å². The van der Waals surface area contributed by atoms with E-state index in [4.69, 9.17) is 21.1 Å². The Morgan fingerprint density at radius 1 is 1.02 bits per heavy atom. The van der Waals surface area contributed by atoms with Crippen LogP contribution in [0.25, 0.3) is 10.1 Å². The molecule has 0 aliphatic carbocycles. The lowest BCUT2D eigenvalue weighted by Crippen LogP contribution is -2.38. The van der Waals surface area contributed by atoms with Crippen LogP contribution in [0.2, 0.25) is 5.02 Å². The van der Waals surface area contributed by atoms with Crippen molar-refractivity contribution in [1.82, 2.24) is 4.31 Å². The molecule has 0 unspecified atom stereocenters. The predicted octanol–water partition coefficient (Wildman–Crippen LogP) is 6.73. The number of thiophene rings is 1. The zero-order valence-electron chi connectivity index (χ0n) is 22.8. The van der Waals surface area contributed by atoms with Gasteiger partial charge in [-0.25, -0.2) is 13.2 Å². The fourth-order valence-electron chi connectivity index (χ4n) is 4.19. The van der Waals surface area contributed by atoms with E-state index in [0.29, 0.717) is 44.8 Å².